The number of aliphatic hydroxyl groups excluding tert-OH is 1. The minimum atomic E-state index is -0.234. The van der Waals surface area contributed by atoms with Crippen molar-refractivity contribution in [2.75, 3.05) is 13.1 Å². The van der Waals surface area contributed by atoms with Gasteiger partial charge in [0.15, 0.2) is 0 Å². The monoisotopic (exact) mass is 185 g/mol. The van der Waals surface area contributed by atoms with Gasteiger partial charge in [-0.3, -0.25) is 4.79 Å². The normalized spacial score (nSPS) is 25.8. The fourth-order valence-corrected chi connectivity index (χ4v) is 1.94. The van der Waals surface area contributed by atoms with Crippen molar-refractivity contribution in [2.45, 2.75) is 39.2 Å². The van der Waals surface area contributed by atoms with Crippen molar-refractivity contribution >= 4 is 5.91 Å². The van der Waals surface area contributed by atoms with Crippen LogP contribution in [0.1, 0.15) is 33.1 Å². The Labute approximate surface area is 79.7 Å². The minimum Gasteiger partial charge on any atom is -0.393 e. The lowest BCUT2D eigenvalue weighted by Crippen LogP contribution is -2.42. The number of carbonyl (C=O) groups excluding carboxylic acids is 1. The van der Waals surface area contributed by atoms with Gasteiger partial charge < -0.3 is 10.0 Å². The van der Waals surface area contributed by atoms with Gasteiger partial charge in [0.05, 0.1) is 6.10 Å². The van der Waals surface area contributed by atoms with Gasteiger partial charge in [-0.2, -0.15) is 0 Å². The van der Waals surface area contributed by atoms with Crippen molar-refractivity contribution in [3.63, 3.8) is 0 Å². The van der Waals surface area contributed by atoms with Gasteiger partial charge in [0, 0.05) is 25.9 Å². The quantitative estimate of drug-likeness (QED) is 0.697. The van der Waals surface area contributed by atoms with Crippen LogP contribution in [0.5, 0.6) is 0 Å². The maximum Gasteiger partial charge on any atom is 0.219 e. The first-order valence-corrected chi connectivity index (χ1v) is 5.08. The van der Waals surface area contributed by atoms with Crippen molar-refractivity contribution in [3.8, 4) is 0 Å². The fourth-order valence-electron chi connectivity index (χ4n) is 1.94. The number of amides is 1. The van der Waals surface area contributed by atoms with E-state index in [1.165, 1.54) is 0 Å². The van der Waals surface area contributed by atoms with Gasteiger partial charge in [0.25, 0.3) is 0 Å². The van der Waals surface area contributed by atoms with Crippen LogP contribution in [0.3, 0.4) is 0 Å². The molecule has 3 nitrogen and oxygen atoms in total. The number of carbonyl (C=O) groups is 1. The smallest absolute Gasteiger partial charge is 0.219 e. The zero-order chi connectivity index (χ0) is 9.84. The molecule has 0 radical (unpaired) electrons. The average Bonchev–Trinajstić information content (AvgIpc) is 2.17. The van der Waals surface area contributed by atoms with Crippen molar-refractivity contribution < 1.29 is 9.90 Å². The number of rotatable bonds is 2. The average molecular weight is 185 g/mol. The Morgan fingerprint density at radius 3 is 2.92 bits per heavy atom. The third-order valence-electron chi connectivity index (χ3n) is 2.87. The SMILES string of the molecule is CCC(O)C1CCCN(C(C)=O)C1. The van der Waals surface area contributed by atoms with Gasteiger partial charge in [-0.15, -0.1) is 0 Å². The molecule has 0 saturated carbocycles. The summed E-state index contributed by atoms with van der Waals surface area (Å²) >= 11 is 0. The molecule has 1 saturated heterocycles. The molecule has 1 aliphatic rings. The van der Waals surface area contributed by atoms with E-state index < -0.39 is 0 Å². The summed E-state index contributed by atoms with van der Waals surface area (Å²) < 4.78 is 0. The highest BCUT2D eigenvalue weighted by molar-refractivity contribution is 5.73. The lowest BCUT2D eigenvalue weighted by Gasteiger charge is -2.34. The summed E-state index contributed by atoms with van der Waals surface area (Å²) in [6, 6.07) is 0. The van der Waals surface area contributed by atoms with E-state index in [1.807, 2.05) is 11.8 Å². The molecule has 0 spiro atoms. The lowest BCUT2D eigenvalue weighted by molar-refractivity contribution is -0.131. The van der Waals surface area contributed by atoms with Gasteiger partial charge >= 0.3 is 0 Å². The molecule has 2 unspecified atom stereocenters. The van der Waals surface area contributed by atoms with E-state index in [2.05, 4.69) is 0 Å². The van der Waals surface area contributed by atoms with Crippen molar-refractivity contribution in [3.05, 3.63) is 0 Å². The van der Waals surface area contributed by atoms with Crippen LogP contribution in [0, 0.1) is 5.92 Å². The predicted octanol–water partition coefficient (Wildman–Crippen LogP) is 1.02. The molecule has 0 aromatic heterocycles. The molecule has 1 aliphatic heterocycles. The van der Waals surface area contributed by atoms with Crippen LogP contribution in [-0.2, 0) is 4.79 Å². The molecule has 76 valence electrons. The van der Waals surface area contributed by atoms with Crippen LogP contribution < -0.4 is 0 Å². The second-order valence-electron chi connectivity index (χ2n) is 3.84. The zero-order valence-electron chi connectivity index (χ0n) is 8.49. The summed E-state index contributed by atoms with van der Waals surface area (Å²) in [6.07, 6.45) is 2.64. The number of hydrogen-bond acceptors (Lipinski definition) is 2. The molecule has 2 atom stereocenters. The van der Waals surface area contributed by atoms with Crippen LogP contribution in [0.25, 0.3) is 0 Å². The van der Waals surface area contributed by atoms with E-state index in [-0.39, 0.29) is 12.0 Å². The van der Waals surface area contributed by atoms with Gasteiger partial charge in [0.1, 0.15) is 0 Å². The molecular formula is C10H19NO2. The molecule has 0 aromatic carbocycles. The molecule has 1 heterocycles. The molecule has 3 heteroatoms. The first-order chi connectivity index (χ1) is 6.15. The molecule has 1 N–H and O–H groups in total. The van der Waals surface area contributed by atoms with Crippen LogP contribution >= 0.6 is 0 Å². The Morgan fingerprint density at radius 2 is 2.38 bits per heavy atom. The molecular weight excluding hydrogens is 166 g/mol. The van der Waals surface area contributed by atoms with Crippen LogP contribution in [-0.4, -0.2) is 35.1 Å². The number of piperidine rings is 1. The third-order valence-corrected chi connectivity index (χ3v) is 2.87. The number of likely N-dealkylation sites (tertiary alicyclic amines) is 1. The van der Waals surface area contributed by atoms with E-state index >= 15 is 0 Å². The van der Waals surface area contributed by atoms with E-state index in [4.69, 9.17) is 0 Å². The van der Waals surface area contributed by atoms with Crippen molar-refractivity contribution in [1.29, 1.82) is 0 Å². The van der Waals surface area contributed by atoms with Crippen LogP contribution in [0.2, 0.25) is 0 Å². The molecule has 0 bridgehead atoms. The molecule has 1 rings (SSSR count). The molecule has 13 heavy (non-hydrogen) atoms. The molecule has 1 fully saturated rings. The largest absolute Gasteiger partial charge is 0.393 e. The van der Waals surface area contributed by atoms with Crippen LogP contribution in [0.15, 0.2) is 0 Å². The Kier molecular flexibility index (Phi) is 3.72. The van der Waals surface area contributed by atoms with Gasteiger partial charge in [0.2, 0.25) is 5.91 Å². The summed E-state index contributed by atoms with van der Waals surface area (Å²) in [4.78, 5) is 12.9. The molecule has 0 aliphatic carbocycles. The highest BCUT2D eigenvalue weighted by Crippen LogP contribution is 2.21. The standard InChI is InChI=1S/C10H19NO2/c1-3-10(13)9-5-4-6-11(7-9)8(2)12/h9-10,13H,3-7H2,1-2H3. The molecule has 0 aromatic rings. The maximum absolute atomic E-state index is 11.1. The fraction of sp³-hybridized carbons (Fsp3) is 0.900. The highest BCUT2D eigenvalue weighted by atomic mass is 16.3. The van der Waals surface area contributed by atoms with Crippen LogP contribution in [0.4, 0.5) is 0 Å². The second-order valence-corrected chi connectivity index (χ2v) is 3.84. The Morgan fingerprint density at radius 1 is 1.69 bits per heavy atom. The predicted molar refractivity (Wildman–Crippen MR) is 51.3 cm³/mol. The summed E-state index contributed by atoms with van der Waals surface area (Å²) in [6.45, 7) is 5.19. The zero-order valence-corrected chi connectivity index (χ0v) is 8.49. The minimum absolute atomic E-state index is 0.132. The number of aliphatic hydroxyl groups is 1. The van der Waals surface area contributed by atoms with Crippen molar-refractivity contribution in [1.82, 2.24) is 4.90 Å². The third kappa shape index (κ3) is 2.69. The summed E-state index contributed by atoms with van der Waals surface area (Å²) in [7, 11) is 0. The van der Waals surface area contributed by atoms with Gasteiger partial charge in [-0.25, -0.2) is 0 Å². The van der Waals surface area contributed by atoms with E-state index in [0.29, 0.717) is 5.92 Å². The van der Waals surface area contributed by atoms with E-state index in [9.17, 15) is 9.90 Å². The van der Waals surface area contributed by atoms with E-state index in [1.54, 1.807) is 6.92 Å². The second kappa shape index (κ2) is 4.61. The first-order valence-electron chi connectivity index (χ1n) is 5.08. The Balaban J connectivity index is 2.46. The first kappa shape index (κ1) is 10.5. The van der Waals surface area contributed by atoms with Crippen molar-refractivity contribution in [2.24, 2.45) is 5.92 Å². The Hall–Kier alpha value is -0.570. The Bertz CT molecular complexity index is 182. The lowest BCUT2D eigenvalue weighted by atomic mass is 9.91. The summed E-state index contributed by atoms with van der Waals surface area (Å²) in [5.41, 5.74) is 0. The number of nitrogens with zero attached hydrogens (tertiary/aromatic N) is 1. The highest BCUT2D eigenvalue weighted by Gasteiger charge is 2.25. The summed E-state index contributed by atoms with van der Waals surface area (Å²) in [5.74, 6) is 0.427. The number of hydrogen-bond donors (Lipinski definition) is 1. The van der Waals surface area contributed by atoms with Gasteiger partial charge in [-0.05, 0) is 19.3 Å². The summed E-state index contributed by atoms with van der Waals surface area (Å²) in [5, 5.41) is 9.64. The van der Waals surface area contributed by atoms with E-state index in [0.717, 1.165) is 32.4 Å². The topological polar surface area (TPSA) is 40.5 Å². The van der Waals surface area contributed by atoms with Gasteiger partial charge in [-0.1, -0.05) is 6.92 Å². The maximum atomic E-state index is 11.1. The molecule has 1 amide bonds.